The second-order valence-corrected chi connectivity index (χ2v) is 9.00. The van der Waals surface area contributed by atoms with Gasteiger partial charge in [-0.05, 0) is 29.6 Å². The van der Waals surface area contributed by atoms with Crippen LogP contribution in [0.25, 0.3) is 10.2 Å². The van der Waals surface area contributed by atoms with E-state index in [1.807, 2.05) is 18.0 Å². The molecular formula is C19H13N3S3. The molecule has 0 bridgehead atoms. The van der Waals surface area contributed by atoms with E-state index in [0.717, 1.165) is 22.3 Å². The van der Waals surface area contributed by atoms with Crippen molar-refractivity contribution in [2.45, 2.75) is 16.6 Å². The van der Waals surface area contributed by atoms with Crippen LogP contribution >= 0.6 is 34.4 Å². The number of aromatic nitrogens is 2. The van der Waals surface area contributed by atoms with Gasteiger partial charge in [0.25, 0.3) is 0 Å². The molecule has 0 N–H and O–H groups in total. The highest BCUT2D eigenvalue weighted by atomic mass is 32.2. The molecule has 25 heavy (non-hydrogen) atoms. The maximum Gasteiger partial charge on any atom is 0.126 e. The quantitative estimate of drug-likeness (QED) is 0.422. The molecule has 0 spiro atoms. The zero-order valence-electron chi connectivity index (χ0n) is 13.1. The molecule has 3 nitrogen and oxygen atoms in total. The first-order valence-electron chi connectivity index (χ1n) is 7.93. The number of nitrogens with zero attached hydrogens (tertiary/aromatic N) is 3. The molecule has 0 radical (unpaired) electrons. The molecule has 1 atom stereocenters. The molecule has 1 aliphatic rings. The maximum absolute atomic E-state index is 4.99. The number of hydrogen-bond donors (Lipinski definition) is 0. The lowest BCUT2D eigenvalue weighted by molar-refractivity contribution is 1.04. The average Bonchev–Trinajstić information content (AvgIpc) is 3.27. The normalized spacial score (nSPS) is 17.1. The van der Waals surface area contributed by atoms with Crippen molar-refractivity contribution in [3.63, 3.8) is 0 Å². The third-order valence-corrected chi connectivity index (χ3v) is 7.65. The fourth-order valence-corrected chi connectivity index (χ4v) is 6.03. The lowest BCUT2D eigenvalue weighted by atomic mass is 10.1. The van der Waals surface area contributed by atoms with Crippen LogP contribution in [0.3, 0.4) is 0 Å². The van der Waals surface area contributed by atoms with Gasteiger partial charge in [-0.25, -0.2) is 9.97 Å². The van der Waals surface area contributed by atoms with Crippen molar-refractivity contribution in [3.05, 3.63) is 70.1 Å². The number of para-hydroxylation sites is 1. The van der Waals surface area contributed by atoms with Gasteiger partial charge in [-0.3, -0.25) is 4.99 Å². The van der Waals surface area contributed by atoms with Gasteiger partial charge in [0.05, 0.1) is 11.4 Å². The summed E-state index contributed by atoms with van der Waals surface area (Å²) in [5.74, 6) is 0. The molecule has 0 fully saturated rings. The van der Waals surface area contributed by atoms with E-state index in [1.165, 1.54) is 20.4 Å². The molecule has 0 amide bonds. The Labute approximate surface area is 157 Å². The first kappa shape index (κ1) is 15.3. The van der Waals surface area contributed by atoms with E-state index in [1.54, 1.807) is 29.0 Å². The molecule has 1 aliphatic heterocycles. The number of hydrogen-bond acceptors (Lipinski definition) is 6. The topological polar surface area (TPSA) is 38.1 Å². The molecule has 5 rings (SSSR count). The summed E-state index contributed by atoms with van der Waals surface area (Å²) < 4.78 is 0. The van der Waals surface area contributed by atoms with Crippen molar-refractivity contribution in [1.29, 1.82) is 0 Å². The summed E-state index contributed by atoms with van der Waals surface area (Å²) in [6, 6.07) is 14.9. The van der Waals surface area contributed by atoms with Crippen molar-refractivity contribution >= 4 is 56.1 Å². The third-order valence-electron chi connectivity index (χ3n) is 4.11. The smallest absolute Gasteiger partial charge is 0.126 e. The van der Waals surface area contributed by atoms with Crippen LogP contribution < -0.4 is 0 Å². The first-order valence-corrected chi connectivity index (χ1v) is 10.5. The highest BCUT2D eigenvalue weighted by molar-refractivity contribution is 7.99. The van der Waals surface area contributed by atoms with Crippen LogP contribution in [0, 0.1) is 0 Å². The van der Waals surface area contributed by atoms with Crippen molar-refractivity contribution in [2.75, 3.05) is 0 Å². The third kappa shape index (κ3) is 2.90. The van der Waals surface area contributed by atoms with Crippen LogP contribution in [0.15, 0.2) is 70.3 Å². The summed E-state index contributed by atoms with van der Waals surface area (Å²) in [6.07, 6.45) is 4.43. The van der Waals surface area contributed by atoms with Gasteiger partial charge in [0.1, 0.15) is 11.2 Å². The zero-order chi connectivity index (χ0) is 16.6. The van der Waals surface area contributed by atoms with E-state index in [9.17, 15) is 0 Å². The molecular weight excluding hydrogens is 366 g/mol. The number of aliphatic imine (C=N–C) groups is 1. The van der Waals surface area contributed by atoms with E-state index in [0.29, 0.717) is 5.25 Å². The summed E-state index contributed by atoms with van der Waals surface area (Å²) in [4.78, 5) is 18.4. The fourth-order valence-electron chi connectivity index (χ4n) is 2.93. The second-order valence-electron chi connectivity index (χ2n) is 5.75. The molecule has 1 aromatic carbocycles. The van der Waals surface area contributed by atoms with Gasteiger partial charge >= 0.3 is 0 Å². The SMILES string of the molecule is c1csc(C2=Nc3ccccc3SC(c3cc4cncnc4s3)C2)c1. The summed E-state index contributed by atoms with van der Waals surface area (Å²) in [5, 5.41) is 3.57. The average molecular weight is 380 g/mol. The number of thioether (sulfide) groups is 1. The Morgan fingerprint density at radius 2 is 2.04 bits per heavy atom. The summed E-state index contributed by atoms with van der Waals surface area (Å²) >= 11 is 5.42. The number of rotatable bonds is 2. The summed E-state index contributed by atoms with van der Waals surface area (Å²) in [7, 11) is 0. The molecule has 0 saturated carbocycles. The number of fused-ring (bicyclic) bond motifs is 2. The lowest BCUT2D eigenvalue weighted by Gasteiger charge is -2.13. The monoisotopic (exact) mass is 379 g/mol. The van der Waals surface area contributed by atoms with E-state index in [2.05, 4.69) is 57.8 Å². The Balaban J connectivity index is 1.62. The van der Waals surface area contributed by atoms with Crippen molar-refractivity contribution in [1.82, 2.24) is 9.97 Å². The van der Waals surface area contributed by atoms with Crippen LogP contribution in [0.4, 0.5) is 5.69 Å². The van der Waals surface area contributed by atoms with Gasteiger partial charge in [-0.15, -0.1) is 34.4 Å². The fraction of sp³-hybridized carbons (Fsp3) is 0.105. The summed E-state index contributed by atoms with van der Waals surface area (Å²) in [6.45, 7) is 0. The van der Waals surface area contributed by atoms with Crippen LogP contribution in [0.5, 0.6) is 0 Å². The van der Waals surface area contributed by atoms with Crippen LogP contribution in [0.2, 0.25) is 0 Å². The molecule has 122 valence electrons. The first-order chi connectivity index (χ1) is 12.4. The zero-order valence-corrected chi connectivity index (χ0v) is 15.6. The molecule has 1 unspecified atom stereocenters. The number of thiophene rings is 2. The van der Waals surface area contributed by atoms with E-state index in [4.69, 9.17) is 4.99 Å². The molecule has 0 saturated heterocycles. The minimum Gasteiger partial charge on any atom is -0.251 e. The largest absolute Gasteiger partial charge is 0.251 e. The van der Waals surface area contributed by atoms with Gasteiger partial charge < -0.3 is 0 Å². The van der Waals surface area contributed by atoms with Gasteiger partial charge in [0, 0.05) is 37.9 Å². The van der Waals surface area contributed by atoms with Crippen molar-refractivity contribution in [3.8, 4) is 0 Å². The van der Waals surface area contributed by atoms with Gasteiger partial charge in [0.15, 0.2) is 0 Å². The Morgan fingerprint density at radius 1 is 1.08 bits per heavy atom. The Hall–Kier alpha value is -2.02. The summed E-state index contributed by atoms with van der Waals surface area (Å²) in [5.41, 5.74) is 2.24. The Morgan fingerprint density at radius 3 is 2.92 bits per heavy atom. The van der Waals surface area contributed by atoms with E-state index in [-0.39, 0.29) is 0 Å². The van der Waals surface area contributed by atoms with Crippen LogP contribution in [-0.4, -0.2) is 15.7 Å². The van der Waals surface area contributed by atoms with Gasteiger partial charge in [-0.2, -0.15) is 0 Å². The minimum absolute atomic E-state index is 0.337. The molecule has 6 heteroatoms. The molecule has 4 aromatic rings. The predicted octanol–water partition coefficient (Wildman–Crippen LogP) is 6.11. The lowest BCUT2D eigenvalue weighted by Crippen LogP contribution is -2.02. The van der Waals surface area contributed by atoms with Gasteiger partial charge in [0.2, 0.25) is 0 Å². The highest BCUT2D eigenvalue weighted by Gasteiger charge is 2.24. The van der Waals surface area contributed by atoms with E-state index < -0.39 is 0 Å². The molecule has 3 aromatic heterocycles. The van der Waals surface area contributed by atoms with E-state index >= 15 is 0 Å². The Bertz CT molecular complexity index is 1030. The van der Waals surface area contributed by atoms with Crippen LogP contribution in [0.1, 0.15) is 21.4 Å². The van der Waals surface area contributed by atoms with Crippen molar-refractivity contribution in [2.24, 2.45) is 4.99 Å². The Kier molecular flexibility index (Phi) is 3.88. The van der Waals surface area contributed by atoms with Gasteiger partial charge in [-0.1, -0.05) is 18.2 Å². The second kappa shape index (κ2) is 6.37. The standard InChI is InChI=1S/C19H13N3S3/c1-2-5-16-13(4-1)22-14(15-6-3-7-23-15)9-18(24-16)17-8-12-10-20-11-21-19(12)25-17/h1-8,10-11,18H,9H2. The maximum atomic E-state index is 4.99. The molecule has 4 heterocycles. The van der Waals surface area contributed by atoms with Crippen molar-refractivity contribution < 1.29 is 0 Å². The minimum atomic E-state index is 0.337. The van der Waals surface area contributed by atoms with Crippen LogP contribution in [-0.2, 0) is 0 Å². The predicted molar refractivity (Wildman–Crippen MR) is 108 cm³/mol. The highest BCUT2D eigenvalue weighted by Crippen LogP contribution is 2.48. The number of benzene rings is 1. The molecule has 0 aliphatic carbocycles.